The van der Waals surface area contributed by atoms with Gasteiger partial charge in [-0.25, -0.2) is 0 Å². The normalized spacial score (nSPS) is 18.6. The minimum absolute atomic E-state index is 0.0240. The largest absolute Gasteiger partial charge is 0.371 e. The number of piperidine rings is 1. The van der Waals surface area contributed by atoms with Crippen molar-refractivity contribution in [3.8, 4) is 0 Å². The van der Waals surface area contributed by atoms with E-state index < -0.39 is 0 Å². The van der Waals surface area contributed by atoms with Gasteiger partial charge in [-0.2, -0.15) is 0 Å². The Balaban J connectivity index is 1.62. The molecule has 1 fully saturated rings. The van der Waals surface area contributed by atoms with Crippen molar-refractivity contribution in [3.63, 3.8) is 0 Å². The SMILES string of the molecule is C[C@@H]1CCCN(c2ccc([C@H](C)NC(=O)c3ccc(C(C)(C)C)cc3)cc2)C1. The van der Waals surface area contributed by atoms with Gasteiger partial charge in [0.1, 0.15) is 0 Å². The molecule has 1 aliphatic rings. The summed E-state index contributed by atoms with van der Waals surface area (Å²) in [5.74, 6) is 0.734. The average Bonchev–Trinajstić information content (AvgIpc) is 2.67. The molecule has 3 heteroatoms. The predicted molar refractivity (Wildman–Crippen MR) is 118 cm³/mol. The summed E-state index contributed by atoms with van der Waals surface area (Å²) in [6.45, 7) is 13.2. The monoisotopic (exact) mass is 378 g/mol. The number of anilines is 1. The first kappa shape index (κ1) is 20.4. The Labute approximate surface area is 170 Å². The fourth-order valence-electron chi connectivity index (χ4n) is 3.88. The molecule has 3 nitrogen and oxygen atoms in total. The highest BCUT2D eigenvalue weighted by Crippen LogP contribution is 2.25. The van der Waals surface area contributed by atoms with Gasteiger partial charge >= 0.3 is 0 Å². The minimum atomic E-state index is -0.0260. The van der Waals surface area contributed by atoms with E-state index in [4.69, 9.17) is 0 Å². The third-order valence-corrected chi connectivity index (χ3v) is 5.78. The number of nitrogens with one attached hydrogen (secondary N) is 1. The molecule has 0 bridgehead atoms. The third-order valence-electron chi connectivity index (χ3n) is 5.78. The van der Waals surface area contributed by atoms with Gasteiger partial charge in [0.25, 0.3) is 5.91 Å². The van der Waals surface area contributed by atoms with Crippen molar-refractivity contribution in [3.05, 3.63) is 65.2 Å². The Morgan fingerprint density at radius 3 is 2.29 bits per heavy atom. The first-order valence-corrected chi connectivity index (χ1v) is 10.5. The van der Waals surface area contributed by atoms with Crippen LogP contribution in [-0.2, 0) is 5.41 Å². The maximum Gasteiger partial charge on any atom is 0.251 e. The zero-order valence-electron chi connectivity index (χ0n) is 18.0. The molecule has 0 aliphatic carbocycles. The molecule has 28 heavy (non-hydrogen) atoms. The Bertz CT molecular complexity index is 787. The van der Waals surface area contributed by atoms with E-state index in [1.54, 1.807) is 0 Å². The van der Waals surface area contributed by atoms with E-state index >= 15 is 0 Å². The van der Waals surface area contributed by atoms with Crippen LogP contribution >= 0.6 is 0 Å². The zero-order chi connectivity index (χ0) is 20.3. The average molecular weight is 379 g/mol. The Kier molecular flexibility index (Phi) is 6.12. The van der Waals surface area contributed by atoms with Gasteiger partial charge in [-0.1, -0.05) is 52.0 Å². The van der Waals surface area contributed by atoms with Crippen LogP contribution in [0.15, 0.2) is 48.5 Å². The maximum atomic E-state index is 12.6. The molecule has 2 aromatic rings. The summed E-state index contributed by atoms with van der Waals surface area (Å²) in [5.41, 5.74) is 4.45. The summed E-state index contributed by atoms with van der Waals surface area (Å²) in [6, 6.07) is 16.6. The molecule has 0 saturated carbocycles. The van der Waals surface area contributed by atoms with Crippen molar-refractivity contribution >= 4 is 11.6 Å². The molecule has 2 atom stereocenters. The van der Waals surface area contributed by atoms with E-state index in [-0.39, 0.29) is 17.4 Å². The molecule has 1 aliphatic heterocycles. The van der Waals surface area contributed by atoms with Crippen LogP contribution in [0.2, 0.25) is 0 Å². The molecular weight excluding hydrogens is 344 g/mol. The number of nitrogens with zero attached hydrogens (tertiary/aromatic N) is 1. The van der Waals surface area contributed by atoms with Crippen molar-refractivity contribution in [2.75, 3.05) is 18.0 Å². The first-order chi connectivity index (χ1) is 13.2. The Morgan fingerprint density at radius 1 is 1.07 bits per heavy atom. The van der Waals surface area contributed by atoms with Crippen LogP contribution in [0.25, 0.3) is 0 Å². The summed E-state index contributed by atoms with van der Waals surface area (Å²) in [6.07, 6.45) is 2.60. The lowest BCUT2D eigenvalue weighted by molar-refractivity contribution is 0.0940. The van der Waals surface area contributed by atoms with E-state index in [1.165, 1.54) is 24.1 Å². The lowest BCUT2D eigenvalue weighted by Gasteiger charge is -2.33. The van der Waals surface area contributed by atoms with Gasteiger partial charge < -0.3 is 10.2 Å². The predicted octanol–water partition coefficient (Wildman–Crippen LogP) is 5.71. The van der Waals surface area contributed by atoms with E-state index in [2.05, 4.69) is 62.2 Å². The van der Waals surface area contributed by atoms with E-state index in [0.29, 0.717) is 5.56 Å². The number of hydrogen-bond donors (Lipinski definition) is 1. The first-order valence-electron chi connectivity index (χ1n) is 10.5. The van der Waals surface area contributed by atoms with Crippen LogP contribution < -0.4 is 10.2 Å². The quantitative estimate of drug-likeness (QED) is 0.739. The van der Waals surface area contributed by atoms with Crippen LogP contribution in [0.5, 0.6) is 0 Å². The Morgan fingerprint density at radius 2 is 1.71 bits per heavy atom. The van der Waals surface area contributed by atoms with Crippen molar-refractivity contribution in [1.82, 2.24) is 5.32 Å². The summed E-state index contributed by atoms with van der Waals surface area (Å²) in [4.78, 5) is 15.1. The van der Waals surface area contributed by atoms with Gasteiger partial charge in [-0.3, -0.25) is 4.79 Å². The summed E-state index contributed by atoms with van der Waals surface area (Å²) < 4.78 is 0. The second-order valence-electron chi connectivity index (χ2n) is 9.31. The van der Waals surface area contributed by atoms with Crippen LogP contribution in [0.3, 0.4) is 0 Å². The Hall–Kier alpha value is -2.29. The lowest BCUT2D eigenvalue weighted by Crippen LogP contribution is -2.34. The number of rotatable bonds is 4. The number of amides is 1. The second kappa shape index (κ2) is 8.38. The maximum absolute atomic E-state index is 12.6. The molecule has 1 heterocycles. The van der Waals surface area contributed by atoms with E-state index in [0.717, 1.165) is 24.6 Å². The number of carbonyl (C=O) groups is 1. The topological polar surface area (TPSA) is 32.3 Å². The molecule has 3 rings (SSSR count). The highest BCUT2D eigenvalue weighted by atomic mass is 16.1. The van der Waals surface area contributed by atoms with Gasteiger partial charge in [0.15, 0.2) is 0 Å². The van der Waals surface area contributed by atoms with Crippen molar-refractivity contribution in [1.29, 1.82) is 0 Å². The van der Waals surface area contributed by atoms with Gasteiger partial charge in [0.05, 0.1) is 6.04 Å². The zero-order valence-corrected chi connectivity index (χ0v) is 18.0. The molecule has 1 N–H and O–H groups in total. The van der Waals surface area contributed by atoms with Gasteiger partial charge in [0, 0.05) is 24.3 Å². The molecule has 0 radical (unpaired) electrons. The number of carbonyl (C=O) groups excluding carboxylic acids is 1. The third kappa shape index (κ3) is 4.95. The van der Waals surface area contributed by atoms with Crippen molar-refractivity contribution < 1.29 is 4.79 Å². The van der Waals surface area contributed by atoms with Gasteiger partial charge in [-0.15, -0.1) is 0 Å². The smallest absolute Gasteiger partial charge is 0.251 e. The number of benzene rings is 2. The molecule has 0 spiro atoms. The van der Waals surface area contributed by atoms with Crippen LogP contribution in [0, 0.1) is 5.92 Å². The highest BCUT2D eigenvalue weighted by Gasteiger charge is 2.18. The van der Waals surface area contributed by atoms with Crippen LogP contribution in [-0.4, -0.2) is 19.0 Å². The molecule has 1 amide bonds. The lowest BCUT2D eigenvalue weighted by atomic mass is 9.86. The molecule has 150 valence electrons. The molecule has 0 aromatic heterocycles. The molecular formula is C25H34N2O. The van der Waals surface area contributed by atoms with Crippen molar-refractivity contribution in [2.24, 2.45) is 5.92 Å². The van der Waals surface area contributed by atoms with Crippen LogP contribution in [0.1, 0.15) is 75.0 Å². The summed E-state index contributed by atoms with van der Waals surface area (Å²) >= 11 is 0. The van der Waals surface area contributed by atoms with E-state index in [1.807, 2.05) is 31.2 Å². The van der Waals surface area contributed by atoms with Gasteiger partial charge in [0.2, 0.25) is 0 Å². The fraction of sp³-hybridized carbons (Fsp3) is 0.480. The van der Waals surface area contributed by atoms with Crippen molar-refractivity contribution in [2.45, 2.75) is 58.9 Å². The molecule has 0 unspecified atom stereocenters. The molecule has 2 aromatic carbocycles. The van der Waals surface area contributed by atoms with Crippen LogP contribution in [0.4, 0.5) is 5.69 Å². The van der Waals surface area contributed by atoms with Gasteiger partial charge in [-0.05, 0) is 66.5 Å². The van der Waals surface area contributed by atoms with E-state index in [9.17, 15) is 4.79 Å². The number of hydrogen-bond acceptors (Lipinski definition) is 2. The summed E-state index contributed by atoms with van der Waals surface area (Å²) in [5, 5.41) is 3.12. The highest BCUT2D eigenvalue weighted by molar-refractivity contribution is 5.94. The summed E-state index contributed by atoms with van der Waals surface area (Å²) in [7, 11) is 0. The second-order valence-corrected chi connectivity index (χ2v) is 9.31. The standard InChI is InChI=1S/C25H34N2O/c1-18-7-6-16-27(17-18)23-14-10-20(11-15-23)19(2)26-24(28)21-8-12-22(13-9-21)25(3,4)5/h8-15,18-19H,6-7,16-17H2,1-5H3,(H,26,28)/t18-,19+/m1/s1. The minimum Gasteiger partial charge on any atom is -0.371 e. The fourth-order valence-corrected chi connectivity index (χ4v) is 3.88. The molecule has 1 saturated heterocycles.